The van der Waals surface area contributed by atoms with E-state index < -0.39 is 10.0 Å². The Hall–Kier alpha value is -2.91. The molecule has 0 aliphatic carbocycles. The number of amides is 1. The van der Waals surface area contributed by atoms with E-state index in [1.807, 2.05) is 6.92 Å². The maximum absolute atomic E-state index is 12.2. The van der Waals surface area contributed by atoms with Crippen LogP contribution in [0.25, 0.3) is 6.08 Å². The third-order valence-electron chi connectivity index (χ3n) is 3.25. The molecule has 7 nitrogen and oxygen atoms in total. The van der Waals surface area contributed by atoms with Crippen LogP contribution in [-0.4, -0.2) is 19.3 Å². The van der Waals surface area contributed by atoms with Crippen LogP contribution in [-0.2, 0) is 14.8 Å². The summed E-state index contributed by atoms with van der Waals surface area (Å²) in [6.45, 7) is 1.82. The second-order valence-electron chi connectivity index (χ2n) is 5.24. The highest BCUT2D eigenvalue weighted by Crippen LogP contribution is 2.19. The number of thiazole rings is 1. The quantitative estimate of drug-likeness (QED) is 0.628. The normalized spacial score (nSPS) is 11.6. The van der Waals surface area contributed by atoms with E-state index in [-0.39, 0.29) is 10.8 Å². The molecule has 26 heavy (non-hydrogen) atoms. The van der Waals surface area contributed by atoms with Crippen LogP contribution < -0.4 is 10.0 Å². The van der Waals surface area contributed by atoms with Crippen molar-refractivity contribution >= 4 is 44.2 Å². The van der Waals surface area contributed by atoms with Gasteiger partial charge in [0.05, 0.1) is 4.90 Å². The lowest BCUT2D eigenvalue weighted by Gasteiger charge is -2.07. The number of hydrogen-bond acceptors (Lipinski definition) is 6. The van der Waals surface area contributed by atoms with Gasteiger partial charge in [0.2, 0.25) is 5.91 Å². The van der Waals surface area contributed by atoms with Gasteiger partial charge in [-0.3, -0.25) is 9.52 Å². The summed E-state index contributed by atoms with van der Waals surface area (Å²) in [6.07, 6.45) is 4.41. The lowest BCUT2D eigenvalue weighted by molar-refractivity contribution is -0.111. The van der Waals surface area contributed by atoms with E-state index >= 15 is 0 Å². The largest absolute Gasteiger partial charge is 0.462 e. The maximum Gasteiger partial charge on any atom is 0.263 e. The van der Waals surface area contributed by atoms with Crippen molar-refractivity contribution in [1.82, 2.24) is 4.98 Å². The van der Waals surface area contributed by atoms with Crippen LogP contribution in [0.5, 0.6) is 0 Å². The van der Waals surface area contributed by atoms with Gasteiger partial charge in [0.15, 0.2) is 5.13 Å². The second kappa shape index (κ2) is 7.54. The van der Waals surface area contributed by atoms with Gasteiger partial charge in [0.25, 0.3) is 10.0 Å². The zero-order valence-corrected chi connectivity index (χ0v) is 15.3. The zero-order valence-electron chi connectivity index (χ0n) is 13.7. The fourth-order valence-electron chi connectivity index (χ4n) is 2.05. The van der Waals surface area contributed by atoms with E-state index in [9.17, 15) is 13.2 Å². The molecule has 2 heterocycles. The topological polar surface area (TPSA) is 101 Å². The first-order valence-electron chi connectivity index (χ1n) is 7.50. The van der Waals surface area contributed by atoms with Crippen molar-refractivity contribution in [2.24, 2.45) is 0 Å². The van der Waals surface area contributed by atoms with Gasteiger partial charge in [0, 0.05) is 23.3 Å². The first-order chi connectivity index (χ1) is 12.4. The Balaban J connectivity index is 1.63. The summed E-state index contributed by atoms with van der Waals surface area (Å²) in [5.41, 5.74) is 0.475. The standard InChI is InChI=1S/C17H15N3O4S2/c1-12-2-5-14(24-12)6-9-16(21)19-13-3-7-15(8-4-13)26(22,23)20-17-18-10-11-25-17/h2-11H,1H3,(H,18,20)(H,19,21)/b9-6+. The SMILES string of the molecule is Cc1ccc(/C=C/C(=O)Nc2ccc(S(=O)(=O)Nc3nccs3)cc2)o1. The fourth-order valence-corrected chi connectivity index (χ4v) is 3.84. The number of benzene rings is 1. The molecule has 0 aliphatic heterocycles. The van der Waals surface area contributed by atoms with Crippen LogP contribution in [0.4, 0.5) is 10.8 Å². The molecule has 134 valence electrons. The Kier molecular flexibility index (Phi) is 5.19. The predicted molar refractivity (Wildman–Crippen MR) is 100 cm³/mol. The summed E-state index contributed by atoms with van der Waals surface area (Å²) < 4.78 is 32.2. The average molecular weight is 389 g/mol. The van der Waals surface area contributed by atoms with Crippen molar-refractivity contribution < 1.29 is 17.6 Å². The van der Waals surface area contributed by atoms with E-state index in [2.05, 4.69) is 15.0 Å². The number of carbonyl (C=O) groups is 1. The molecule has 0 aliphatic rings. The Morgan fingerprint density at radius 2 is 1.96 bits per heavy atom. The molecule has 0 fully saturated rings. The Morgan fingerprint density at radius 3 is 2.58 bits per heavy atom. The Labute approximate surface area is 154 Å². The molecular weight excluding hydrogens is 374 g/mol. The number of aryl methyl sites for hydroxylation is 1. The van der Waals surface area contributed by atoms with Crippen LogP contribution in [0.15, 0.2) is 63.4 Å². The van der Waals surface area contributed by atoms with Gasteiger partial charge in [0.1, 0.15) is 11.5 Å². The zero-order chi connectivity index (χ0) is 18.6. The summed E-state index contributed by atoms with van der Waals surface area (Å²) in [5.74, 6) is 0.983. The average Bonchev–Trinajstić information content (AvgIpc) is 3.25. The third-order valence-corrected chi connectivity index (χ3v) is 5.42. The monoisotopic (exact) mass is 389 g/mol. The molecule has 2 aromatic heterocycles. The molecule has 3 rings (SSSR count). The maximum atomic E-state index is 12.2. The summed E-state index contributed by atoms with van der Waals surface area (Å²) in [6, 6.07) is 9.40. The molecule has 3 aromatic rings. The Morgan fingerprint density at radius 1 is 1.19 bits per heavy atom. The summed E-state index contributed by atoms with van der Waals surface area (Å²) in [7, 11) is -3.71. The number of carbonyl (C=O) groups excluding carboxylic acids is 1. The number of nitrogens with zero attached hydrogens (tertiary/aromatic N) is 1. The molecule has 0 radical (unpaired) electrons. The molecule has 0 unspecified atom stereocenters. The van der Waals surface area contributed by atoms with Gasteiger partial charge in [-0.05, 0) is 49.4 Å². The number of hydrogen-bond donors (Lipinski definition) is 2. The van der Waals surface area contributed by atoms with Crippen LogP contribution >= 0.6 is 11.3 Å². The first kappa shape index (κ1) is 17.9. The number of furan rings is 1. The highest BCUT2D eigenvalue weighted by Gasteiger charge is 2.15. The van der Waals surface area contributed by atoms with Crippen LogP contribution in [0.1, 0.15) is 11.5 Å². The molecule has 0 spiro atoms. The lowest BCUT2D eigenvalue weighted by atomic mass is 10.3. The van der Waals surface area contributed by atoms with E-state index in [0.29, 0.717) is 16.6 Å². The van der Waals surface area contributed by atoms with Crippen molar-refractivity contribution in [3.8, 4) is 0 Å². The van der Waals surface area contributed by atoms with Gasteiger partial charge in [-0.2, -0.15) is 0 Å². The Bertz CT molecular complexity index is 1020. The van der Waals surface area contributed by atoms with Crippen molar-refractivity contribution in [2.75, 3.05) is 10.0 Å². The fraction of sp³-hybridized carbons (Fsp3) is 0.0588. The number of anilines is 2. The smallest absolute Gasteiger partial charge is 0.263 e. The van der Waals surface area contributed by atoms with Crippen molar-refractivity contribution in [2.45, 2.75) is 11.8 Å². The van der Waals surface area contributed by atoms with Crippen LogP contribution in [0.2, 0.25) is 0 Å². The van der Waals surface area contributed by atoms with Gasteiger partial charge in [-0.1, -0.05) is 0 Å². The number of aromatic nitrogens is 1. The minimum absolute atomic E-state index is 0.0762. The molecule has 0 bridgehead atoms. The van der Waals surface area contributed by atoms with Crippen molar-refractivity contribution in [3.63, 3.8) is 0 Å². The van der Waals surface area contributed by atoms with Crippen molar-refractivity contribution in [3.05, 3.63) is 65.6 Å². The molecule has 0 saturated heterocycles. The minimum atomic E-state index is -3.71. The highest BCUT2D eigenvalue weighted by molar-refractivity contribution is 7.93. The number of nitrogens with one attached hydrogen (secondary N) is 2. The van der Waals surface area contributed by atoms with Gasteiger partial charge < -0.3 is 9.73 Å². The van der Waals surface area contributed by atoms with Crippen LogP contribution in [0, 0.1) is 6.92 Å². The number of sulfonamides is 1. The van der Waals surface area contributed by atoms with Crippen LogP contribution in [0.3, 0.4) is 0 Å². The van der Waals surface area contributed by atoms with E-state index in [1.165, 1.54) is 47.9 Å². The lowest BCUT2D eigenvalue weighted by Crippen LogP contribution is -2.13. The molecule has 0 saturated carbocycles. The van der Waals surface area contributed by atoms with Gasteiger partial charge in [-0.15, -0.1) is 11.3 Å². The molecule has 1 aromatic carbocycles. The first-order valence-corrected chi connectivity index (χ1v) is 9.86. The van der Waals surface area contributed by atoms with E-state index in [4.69, 9.17) is 4.42 Å². The molecule has 9 heteroatoms. The highest BCUT2D eigenvalue weighted by atomic mass is 32.2. The molecular formula is C17H15N3O4S2. The summed E-state index contributed by atoms with van der Waals surface area (Å²) >= 11 is 1.19. The second-order valence-corrected chi connectivity index (χ2v) is 7.82. The van der Waals surface area contributed by atoms with Gasteiger partial charge >= 0.3 is 0 Å². The molecule has 1 amide bonds. The van der Waals surface area contributed by atoms with E-state index in [0.717, 1.165) is 5.76 Å². The van der Waals surface area contributed by atoms with Crippen molar-refractivity contribution in [1.29, 1.82) is 0 Å². The van der Waals surface area contributed by atoms with Gasteiger partial charge in [-0.25, -0.2) is 13.4 Å². The molecule has 0 atom stereocenters. The minimum Gasteiger partial charge on any atom is -0.462 e. The molecule has 2 N–H and O–H groups in total. The third kappa shape index (κ3) is 4.58. The predicted octanol–water partition coefficient (Wildman–Crippen LogP) is 3.50. The number of rotatable bonds is 6. The van der Waals surface area contributed by atoms with E-state index in [1.54, 1.807) is 23.6 Å². The summed E-state index contributed by atoms with van der Waals surface area (Å²) in [5, 5.41) is 4.62. The summed E-state index contributed by atoms with van der Waals surface area (Å²) in [4.78, 5) is 15.9.